The molecular weight excluding hydrogens is 264 g/mol. The van der Waals surface area contributed by atoms with Crippen molar-refractivity contribution in [3.05, 3.63) is 35.9 Å². The summed E-state index contributed by atoms with van der Waals surface area (Å²) < 4.78 is 14.1. The number of esters is 3. The Morgan fingerprint density at radius 3 is 2.35 bits per heavy atom. The molecule has 0 fully saturated rings. The van der Waals surface area contributed by atoms with Crippen LogP contribution < -0.4 is 0 Å². The van der Waals surface area contributed by atoms with Crippen molar-refractivity contribution in [3.63, 3.8) is 0 Å². The fourth-order valence-electron chi connectivity index (χ4n) is 1.35. The van der Waals surface area contributed by atoms with Crippen LogP contribution in [0.2, 0.25) is 0 Å². The molecule has 1 aromatic rings. The predicted octanol–water partition coefficient (Wildman–Crippen LogP) is 0.879. The standard InChI is InChI=1S/C14H16O6/c1-11(15)19-8-7-18-10-14(17)20-13(16)9-12-5-3-2-4-6-12/h2-6H,7-10H2,1H3. The summed E-state index contributed by atoms with van der Waals surface area (Å²) in [5.41, 5.74) is 0.765. The van der Waals surface area contributed by atoms with Gasteiger partial charge in [0.2, 0.25) is 0 Å². The van der Waals surface area contributed by atoms with Gasteiger partial charge in [0.15, 0.2) is 0 Å². The number of rotatable bonds is 7. The average Bonchev–Trinajstić information content (AvgIpc) is 2.38. The second-order valence-electron chi connectivity index (χ2n) is 3.90. The molecule has 0 spiro atoms. The first kappa shape index (κ1) is 15.8. The van der Waals surface area contributed by atoms with E-state index in [4.69, 9.17) is 4.74 Å². The minimum atomic E-state index is -0.770. The van der Waals surface area contributed by atoms with Gasteiger partial charge in [0.05, 0.1) is 13.0 Å². The molecule has 0 unspecified atom stereocenters. The monoisotopic (exact) mass is 280 g/mol. The summed E-state index contributed by atoms with van der Waals surface area (Å²) in [6.07, 6.45) is 0.0278. The zero-order valence-corrected chi connectivity index (χ0v) is 11.2. The zero-order chi connectivity index (χ0) is 14.8. The lowest BCUT2D eigenvalue weighted by Crippen LogP contribution is -2.20. The molecule has 0 bridgehead atoms. The maximum Gasteiger partial charge on any atom is 0.339 e. The van der Waals surface area contributed by atoms with Gasteiger partial charge in [-0.15, -0.1) is 0 Å². The molecule has 0 aliphatic rings. The molecule has 0 saturated heterocycles. The van der Waals surface area contributed by atoms with Crippen molar-refractivity contribution < 1.29 is 28.6 Å². The smallest absolute Gasteiger partial charge is 0.339 e. The fourth-order valence-corrected chi connectivity index (χ4v) is 1.35. The summed E-state index contributed by atoms with van der Waals surface area (Å²) in [5, 5.41) is 0. The molecule has 6 nitrogen and oxygen atoms in total. The molecule has 0 atom stereocenters. The summed E-state index contributed by atoms with van der Waals surface area (Å²) in [7, 11) is 0. The molecular formula is C14H16O6. The average molecular weight is 280 g/mol. The van der Waals surface area contributed by atoms with Crippen LogP contribution in [0, 0.1) is 0 Å². The van der Waals surface area contributed by atoms with E-state index < -0.39 is 17.9 Å². The largest absolute Gasteiger partial charge is 0.463 e. The molecule has 0 aliphatic carbocycles. The van der Waals surface area contributed by atoms with Crippen LogP contribution in [0.25, 0.3) is 0 Å². The van der Waals surface area contributed by atoms with E-state index in [9.17, 15) is 14.4 Å². The van der Waals surface area contributed by atoms with Gasteiger partial charge in [-0.25, -0.2) is 4.79 Å². The summed E-state index contributed by atoms with van der Waals surface area (Å²) in [6.45, 7) is 1.04. The summed E-state index contributed by atoms with van der Waals surface area (Å²) in [4.78, 5) is 33.1. The highest BCUT2D eigenvalue weighted by atomic mass is 16.6. The van der Waals surface area contributed by atoms with Gasteiger partial charge in [0.25, 0.3) is 0 Å². The Labute approximate surface area is 116 Å². The Morgan fingerprint density at radius 2 is 1.70 bits per heavy atom. The number of carbonyl (C=O) groups is 3. The third-order valence-electron chi connectivity index (χ3n) is 2.17. The predicted molar refractivity (Wildman–Crippen MR) is 68.7 cm³/mol. The Balaban J connectivity index is 2.15. The lowest BCUT2D eigenvalue weighted by Gasteiger charge is -2.05. The Kier molecular flexibility index (Phi) is 6.99. The molecule has 0 saturated carbocycles. The van der Waals surface area contributed by atoms with E-state index in [-0.39, 0.29) is 26.2 Å². The van der Waals surface area contributed by atoms with E-state index in [0.717, 1.165) is 5.56 Å². The SMILES string of the molecule is CC(=O)OCCOCC(=O)OC(=O)Cc1ccccc1. The topological polar surface area (TPSA) is 78.9 Å². The summed E-state index contributed by atoms with van der Waals surface area (Å²) >= 11 is 0. The molecule has 108 valence electrons. The number of benzene rings is 1. The molecule has 0 heterocycles. The van der Waals surface area contributed by atoms with Crippen molar-refractivity contribution in [1.29, 1.82) is 0 Å². The Hall–Kier alpha value is -2.21. The number of carbonyl (C=O) groups excluding carboxylic acids is 3. The molecule has 1 rings (SSSR count). The van der Waals surface area contributed by atoms with Crippen molar-refractivity contribution in [3.8, 4) is 0 Å². The van der Waals surface area contributed by atoms with Crippen LogP contribution in [-0.4, -0.2) is 37.7 Å². The highest BCUT2D eigenvalue weighted by Crippen LogP contribution is 2.01. The van der Waals surface area contributed by atoms with Gasteiger partial charge in [-0.3, -0.25) is 9.59 Å². The van der Waals surface area contributed by atoms with Gasteiger partial charge in [0, 0.05) is 6.92 Å². The van der Waals surface area contributed by atoms with Gasteiger partial charge in [-0.2, -0.15) is 0 Å². The third-order valence-corrected chi connectivity index (χ3v) is 2.17. The van der Waals surface area contributed by atoms with Gasteiger partial charge < -0.3 is 14.2 Å². The third kappa shape index (κ3) is 7.27. The summed E-state index contributed by atoms with van der Waals surface area (Å²) in [5.74, 6) is -1.83. The lowest BCUT2D eigenvalue weighted by atomic mass is 10.2. The Bertz CT molecular complexity index is 454. The van der Waals surface area contributed by atoms with Crippen LogP contribution in [0.5, 0.6) is 0 Å². The van der Waals surface area contributed by atoms with Crippen molar-refractivity contribution in [2.75, 3.05) is 19.8 Å². The molecule has 0 aliphatic heterocycles. The maximum atomic E-state index is 11.4. The highest BCUT2D eigenvalue weighted by Gasteiger charge is 2.11. The van der Waals surface area contributed by atoms with Crippen LogP contribution in [0.4, 0.5) is 0 Å². The Morgan fingerprint density at radius 1 is 1.00 bits per heavy atom. The summed E-state index contributed by atoms with van der Waals surface area (Å²) in [6, 6.07) is 8.95. The van der Waals surface area contributed by atoms with E-state index >= 15 is 0 Å². The van der Waals surface area contributed by atoms with E-state index in [1.165, 1.54) is 6.92 Å². The van der Waals surface area contributed by atoms with Crippen molar-refractivity contribution in [1.82, 2.24) is 0 Å². The fraction of sp³-hybridized carbons (Fsp3) is 0.357. The second-order valence-corrected chi connectivity index (χ2v) is 3.90. The van der Waals surface area contributed by atoms with Gasteiger partial charge in [0.1, 0.15) is 13.2 Å². The van der Waals surface area contributed by atoms with Crippen LogP contribution in [0.3, 0.4) is 0 Å². The lowest BCUT2D eigenvalue weighted by molar-refractivity contribution is -0.162. The molecule has 0 aromatic heterocycles. The van der Waals surface area contributed by atoms with E-state index in [0.29, 0.717) is 0 Å². The number of hydrogen-bond donors (Lipinski definition) is 0. The van der Waals surface area contributed by atoms with Crippen LogP contribution in [0.15, 0.2) is 30.3 Å². The van der Waals surface area contributed by atoms with E-state index in [1.54, 1.807) is 24.3 Å². The molecule has 0 amide bonds. The number of ether oxygens (including phenoxy) is 3. The van der Waals surface area contributed by atoms with E-state index in [1.807, 2.05) is 6.07 Å². The van der Waals surface area contributed by atoms with Gasteiger partial charge >= 0.3 is 17.9 Å². The van der Waals surface area contributed by atoms with Crippen LogP contribution >= 0.6 is 0 Å². The van der Waals surface area contributed by atoms with Crippen LogP contribution in [-0.2, 0) is 35.0 Å². The second kappa shape index (κ2) is 8.82. The van der Waals surface area contributed by atoms with Gasteiger partial charge in [-0.05, 0) is 5.56 Å². The minimum absolute atomic E-state index is 0.0278. The first-order valence-corrected chi connectivity index (χ1v) is 6.06. The van der Waals surface area contributed by atoms with Crippen molar-refractivity contribution in [2.45, 2.75) is 13.3 Å². The maximum absolute atomic E-state index is 11.4. The molecule has 1 aromatic carbocycles. The normalized spacial score (nSPS) is 9.85. The quantitative estimate of drug-likeness (QED) is 0.419. The molecule has 6 heteroatoms. The van der Waals surface area contributed by atoms with Crippen molar-refractivity contribution >= 4 is 17.9 Å². The van der Waals surface area contributed by atoms with E-state index in [2.05, 4.69) is 9.47 Å². The molecule has 0 N–H and O–H groups in total. The molecule has 0 radical (unpaired) electrons. The zero-order valence-electron chi connectivity index (χ0n) is 11.2. The minimum Gasteiger partial charge on any atom is -0.463 e. The highest BCUT2D eigenvalue weighted by molar-refractivity contribution is 5.87. The van der Waals surface area contributed by atoms with Crippen molar-refractivity contribution in [2.24, 2.45) is 0 Å². The van der Waals surface area contributed by atoms with Crippen LogP contribution in [0.1, 0.15) is 12.5 Å². The molecule has 20 heavy (non-hydrogen) atoms. The number of hydrogen-bond acceptors (Lipinski definition) is 6. The first-order valence-electron chi connectivity index (χ1n) is 6.06. The first-order chi connectivity index (χ1) is 9.58. The van der Waals surface area contributed by atoms with Gasteiger partial charge in [-0.1, -0.05) is 30.3 Å².